The molecule has 0 aliphatic carbocycles. The number of nitrogens with zero attached hydrogens (tertiary/aromatic N) is 1. The lowest BCUT2D eigenvalue weighted by molar-refractivity contribution is 0.399. The summed E-state index contributed by atoms with van der Waals surface area (Å²) in [6.07, 6.45) is 0. The first-order chi connectivity index (χ1) is 16.6. The molecule has 2 aromatic heterocycles. The Bertz CT molecular complexity index is 1620. The average molecular weight is 529 g/mol. The number of rotatable bonds is 3. The Labute approximate surface area is 207 Å². The van der Waals surface area contributed by atoms with E-state index in [4.69, 9.17) is 19.9 Å². The standard InChI is InChI=1S/C27H17BrN2O3S/c28-17-12-10-16(11-13-17)21-22-24(18-8-4-5-9-20(18)32-27(22)31)33-25(29)23(21)26-30-19(14-34-26)15-6-2-1-3-7-15/h1-14,21H,29H2. The number of benzene rings is 3. The highest BCUT2D eigenvalue weighted by Crippen LogP contribution is 2.48. The normalized spacial score (nSPS) is 15.3. The molecule has 0 spiro atoms. The summed E-state index contributed by atoms with van der Waals surface area (Å²) in [5, 5.41) is 3.38. The van der Waals surface area contributed by atoms with Crippen LogP contribution in [0.2, 0.25) is 0 Å². The van der Waals surface area contributed by atoms with Crippen molar-refractivity contribution >= 4 is 43.8 Å². The van der Waals surface area contributed by atoms with E-state index in [-0.39, 0.29) is 5.88 Å². The fraction of sp³-hybridized carbons (Fsp3) is 0.0370. The zero-order chi connectivity index (χ0) is 23.2. The molecular formula is C27H17BrN2O3S. The van der Waals surface area contributed by atoms with Crippen molar-refractivity contribution in [3.8, 4) is 17.0 Å². The maximum absolute atomic E-state index is 13.3. The highest BCUT2D eigenvalue weighted by Gasteiger charge is 2.37. The molecule has 0 radical (unpaired) electrons. The highest BCUT2D eigenvalue weighted by molar-refractivity contribution is 9.10. The number of fused-ring (bicyclic) bond motifs is 3. The number of hydrogen-bond acceptors (Lipinski definition) is 6. The molecule has 7 heteroatoms. The minimum absolute atomic E-state index is 0.227. The van der Waals surface area contributed by atoms with Crippen LogP contribution in [-0.4, -0.2) is 4.98 Å². The van der Waals surface area contributed by atoms with E-state index in [1.807, 2.05) is 78.2 Å². The van der Waals surface area contributed by atoms with Gasteiger partial charge in [-0.15, -0.1) is 11.3 Å². The molecule has 3 aromatic carbocycles. The summed E-state index contributed by atoms with van der Waals surface area (Å²) in [5.41, 5.74) is 10.4. The van der Waals surface area contributed by atoms with Gasteiger partial charge in [0.15, 0.2) is 11.6 Å². The Morgan fingerprint density at radius 3 is 2.47 bits per heavy atom. The first-order valence-corrected chi connectivity index (χ1v) is 12.3. The van der Waals surface area contributed by atoms with Crippen molar-refractivity contribution in [1.29, 1.82) is 0 Å². The summed E-state index contributed by atoms with van der Waals surface area (Å²) in [4.78, 5) is 18.2. The molecule has 1 aliphatic rings. The number of halogens is 1. The Hall–Kier alpha value is -3.68. The lowest BCUT2D eigenvalue weighted by Crippen LogP contribution is -2.26. The van der Waals surface area contributed by atoms with E-state index in [2.05, 4.69) is 15.9 Å². The van der Waals surface area contributed by atoms with Crippen LogP contribution in [0.15, 0.2) is 104 Å². The molecule has 5 nitrogen and oxygen atoms in total. The third-order valence-electron chi connectivity index (χ3n) is 5.86. The maximum Gasteiger partial charge on any atom is 0.344 e. The monoisotopic (exact) mass is 528 g/mol. The lowest BCUT2D eigenvalue weighted by atomic mass is 9.83. The molecule has 34 heavy (non-hydrogen) atoms. The fourth-order valence-corrected chi connectivity index (χ4v) is 5.48. The molecular weight excluding hydrogens is 512 g/mol. The molecule has 1 aliphatic heterocycles. The van der Waals surface area contributed by atoms with Crippen molar-refractivity contribution in [3.63, 3.8) is 0 Å². The van der Waals surface area contributed by atoms with E-state index >= 15 is 0 Å². The molecule has 0 saturated heterocycles. The largest absolute Gasteiger partial charge is 0.440 e. The third kappa shape index (κ3) is 3.45. The number of aromatic nitrogens is 1. The van der Waals surface area contributed by atoms with Crippen LogP contribution in [0, 0.1) is 0 Å². The second-order valence-corrected chi connectivity index (χ2v) is 9.67. The van der Waals surface area contributed by atoms with Gasteiger partial charge in [0.05, 0.1) is 28.1 Å². The van der Waals surface area contributed by atoms with Crippen molar-refractivity contribution in [3.05, 3.63) is 121 Å². The van der Waals surface area contributed by atoms with Crippen molar-refractivity contribution in [2.45, 2.75) is 5.92 Å². The van der Waals surface area contributed by atoms with Crippen molar-refractivity contribution < 1.29 is 9.15 Å². The Balaban J connectivity index is 1.60. The second-order valence-electron chi connectivity index (χ2n) is 7.90. The van der Waals surface area contributed by atoms with Crippen LogP contribution in [-0.2, 0) is 0 Å². The van der Waals surface area contributed by atoms with Crippen LogP contribution in [0.3, 0.4) is 0 Å². The Morgan fingerprint density at radius 1 is 0.941 bits per heavy atom. The van der Waals surface area contributed by atoms with E-state index in [0.717, 1.165) is 21.3 Å². The quantitative estimate of drug-likeness (QED) is 0.269. The van der Waals surface area contributed by atoms with Crippen LogP contribution in [0.5, 0.6) is 5.75 Å². The van der Waals surface area contributed by atoms with Gasteiger partial charge >= 0.3 is 5.63 Å². The summed E-state index contributed by atoms with van der Waals surface area (Å²) < 4.78 is 12.8. The molecule has 0 amide bonds. The summed E-state index contributed by atoms with van der Waals surface area (Å²) in [6.45, 7) is 0. The predicted octanol–water partition coefficient (Wildman–Crippen LogP) is 6.53. The maximum atomic E-state index is 13.3. The van der Waals surface area contributed by atoms with E-state index in [0.29, 0.717) is 32.9 Å². The number of hydrogen-bond donors (Lipinski definition) is 1. The van der Waals surface area contributed by atoms with Gasteiger partial charge in [0.1, 0.15) is 10.6 Å². The average Bonchev–Trinajstić information content (AvgIpc) is 3.34. The number of allylic oxidation sites excluding steroid dienone is 1. The van der Waals surface area contributed by atoms with Gasteiger partial charge in [0, 0.05) is 15.4 Å². The smallest absolute Gasteiger partial charge is 0.344 e. The van der Waals surface area contributed by atoms with E-state index in [1.54, 1.807) is 6.07 Å². The van der Waals surface area contributed by atoms with Gasteiger partial charge in [0.25, 0.3) is 0 Å². The second kappa shape index (κ2) is 8.27. The topological polar surface area (TPSA) is 78.4 Å². The van der Waals surface area contributed by atoms with Crippen molar-refractivity contribution in [2.75, 3.05) is 0 Å². The molecule has 0 fully saturated rings. The minimum atomic E-state index is -0.493. The number of ether oxygens (including phenoxy) is 1. The molecule has 5 aromatic rings. The first kappa shape index (κ1) is 20.9. The number of nitrogens with two attached hydrogens (primary N) is 1. The van der Waals surface area contributed by atoms with Crippen LogP contribution < -0.4 is 16.1 Å². The van der Waals surface area contributed by atoms with Gasteiger partial charge in [-0.25, -0.2) is 9.78 Å². The van der Waals surface area contributed by atoms with Gasteiger partial charge in [-0.05, 0) is 29.8 Å². The minimum Gasteiger partial charge on any atom is -0.440 e. The van der Waals surface area contributed by atoms with E-state index in [9.17, 15) is 4.79 Å². The first-order valence-electron chi connectivity index (χ1n) is 10.6. The van der Waals surface area contributed by atoms with E-state index in [1.165, 1.54) is 11.3 Å². The number of thiazole rings is 1. The van der Waals surface area contributed by atoms with Crippen LogP contribution in [0.1, 0.15) is 22.1 Å². The SMILES string of the molecule is NC1=C(c2nc(-c3ccccc3)cs2)C(c2ccc(Br)cc2)c2c(c3ccccc3oc2=O)O1. The predicted molar refractivity (Wildman–Crippen MR) is 138 cm³/mol. The zero-order valence-electron chi connectivity index (χ0n) is 17.7. The van der Waals surface area contributed by atoms with Gasteiger partial charge < -0.3 is 14.9 Å². The molecule has 0 bridgehead atoms. The Kier molecular flexibility index (Phi) is 5.08. The van der Waals surface area contributed by atoms with E-state index < -0.39 is 11.5 Å². The zero-order valence-corrected chi connectivity index (χ0v) is 20.1. The third-order valence-corrected chi connectivity index (χ3v) is 7.27. The Morgan fingerprint density at radius 2 is 1.68 bits per heavy atom. The molecule has 1 unspecified atom stereocenters. The lowest BCUT2D eigenvalue weighted by Gasteiger charge is -2.28. The fourth-order valence-electron chi connectivity index (χ4n) is 4.30. The summed E-state index contributed by atoms with van der Waals surface area (Å²) in [7, 11) is 0. The van der Waals surface area contributed by atoms with Crippen LogP contribution in [0.25, 0.3) is 27.8 Å². The van der Waals surface area contributed by atoms with Crippen molar-refractivity contribution in [2.24, 2.45) is 5.73 Å². The molecule has 3 heterocycles. The molecule has 6 rings (SSSR count). The van der Waals surface area contributed by atoms with Gasteiger partial charge in [-0.1, -0.05) is 70.5 Å². The van der Waals surface area contributed by atoms with Gasteiger partial charge in [-0.3, -0.25) is 0 Å². The summed E-state index contributed by atoms with van der Waals surface area (Å²) in [5.74, 6) is 0.165. The highest BCUT2D eigenvalue weighted by atomic mass is 79.9. The molecule has 166 valence electrons. The van der Waals surface area contributed by atoms with Crippen molar-refractivity contribution in [1.82, 2.24) is 4.98 Å². The molecule has 2 N–H and O–H groups in total. The molecule has 1 atom stereocenters. The van der Waals surface area contributed by atoms with Crippen LogP contribution >= 0.6 is 27.3 Å². The van der Waals surface area contributed by atoms with Gasteiger partial charge in [0.2, 0.25) is 0 Å². The summed E-state index contributed by atoms with van der Waals surface area (Å²) >= 11 is 4.97. The summed E-state index contributed by atoms with van der Waals surface area (Å²) in [6, 6.07) is 25.1. The molecule has 0 saturated carbocycles. The van der Waals surface area contributed by atoms with Gasteiger partial charge in [-0.2, -0.15) is 0 Å². The number of para-hydroxylation sites is 1. The van der Waals surface area contributed by atoms with Crippen LogP contribution in [0.4, 0.5) is 0 Å².